The van der Waals surface area contributed by atoms with Gasteiger partial charge in [0.2, 0.25) is 5.91 Å². The first-order valence-electron chi connectivity index (χ1n) is 9.31. The molecule has 0 bridgehead atoms. The summed E-state index contributed by atoms with van der Waals surface area (Å²) < 4.78 is 8.22. The van der Waals surface area contributed by atoms with Crippen molar-refractivity contribution in [3.8, 4) is 0 Å². The average Bonchev–Trinajstić information content (AvgIpc) is 2.76. The van der Waals surface area contributed by atoms with Gasteiger partial charge >= 0.3 is 5.69 Å². The Hall–Kier alpha value is -3.33. The number of fused-ring (bicyclic) bond motifs is 1. The van der Waals surface area contributed by atoms with Crippen LogP contribution in [-0.2, 0) is 30.0 Å². The number of ether oxygens (including phenoxy) is 1. The number of rotatable bonds is 3. The summed E-state index contributed by atoms with van der Waals surface area (Å²) in [6, 6.07) is 8.85. The van der Waals surface area contributed by atoms with Crippen molar-refractivity contribution in [1.29, 1.82) is 0 Å². The van der Waals surface area contributed by atoms with Crippen LogP contribution in [0.3, 0.4) is 0 Å². The van der Waals surface area contributed by atoms with Crippen LogP contribution in [0.1, 0.15) is 17.5 Å². The van der Waals surface area contributed by atoms with Crippen LogP contribution in [0.15, 0.2) is 46.1 Å². The van der Waals surface area contributed by atoms with Crippen LogP contribution in [0.2, 0.25) is 0 Å². The number of aryl methyl sites for hydroxylation is 1. The zero-order chi connectivity index (χ0) is 20.5. The minimum Gasteiger partial charge on any atom is -0.368 e. The summed E-state index contributed by atoms with van der Waals surface area (Å²) in [7, 11) is 3.01. The molecule has 0 N–H and O–H groups in total. The van der Waals surface area contributed by atoms with Gasteiger partial charge in [0.1, 0.15) is 11.8 Å². The number of pyridine rings is 2. The molecule has 3 aromatic heterocycles. The highest BCUT2D eigenvalue weighted by molar-refractivity contribution is 5.78. The van der Waals surface area contributed by atoms with Crippen LogP contribution in [0, 0.1) is 0 Å². The normalized spacial score (nSPS) is 16.9. The minimum absolute atomic E-state index is 0.0286. The third kappa shape index (κ3) is 3.56. The highest BCUT2D eigenvalue weighted by Gasteiger charge is 2.27. The van der Waals surface area contributed by atoms with Crippen LogP contribution >= 0.6 is 0 Å². The van der Waals surface area contributed by atoms with Crippen molar-refractivity contribution in [3.63, 3.8) is 0 Å². The number of morpholine rings is 1. The molecule has 1 amide bonds. The first-order valence-corrected chi connectivity index (χ1v) is 9.31. The van der Waals surface area contributed by atoms with Crippen LogP contribution in [-0.4, -0.2) is 49.6 Å². The SMILES string of the molecule is Cn1c(=O)c2ccc([C@H]3CN(C(=O)Cc4ccccn4)CCO3)nc2n(C)c1=O. The molecule has 0 aliphatic carbocycles. The molecule has 150 valence electrons. The van der Waals surface area contributed by atoms with Crippen LogP contribution in [0.5, 0.6) is 0 Å². The van der Waals surface area contributed by atoms with Gasteiger partial charge in [-0.05, 0) is 24.3 Å². The summed E-state index contributed by atoms with van der Waals surface area (Å²) in [5, 5.41) is 0.359. The molecule has 0 spiro atoms. The van der Waals surface area contributed by atoms with E-state index in [1.165, 1.54) is 11.6 Å². The second-order valence-corrected chi connectivity index (χ2v) is 7.01. The molecular weight excluding hydrogens is 374 g/mol. The Morgan fingerprint density at radius 2 is 2.00 bits per heavy atom. The van der Waals surface area contributed by atoms with Gasteiger partial charge in [0.15, 0.2) is 0 Å². The maximum absolute atomic E-state index is 12.7. The molecule has 1 atom stereocenters. The van der Waals surface area contributed by atoms with Crippen molar-refractivity contribution in [2.75, 3.05) is 19.7 Å². The van der Waals surface area contributed by atoms with Crippen LogP contribution in [0.4, 0.5) is 0 Å². The van der Waals surface area contributed by atoms with Gasteiger partial charge < -0.3 is 9.64 Å². The molecule has 1 saturated heterocycles. The molecule has 1 aliphatic heterocycles. The topological polar surface area (TPSA) is 99.3 Å². The number of carbonyl (C=O) groups excluding carboxylic acids is 1. The molecule has 0 saturated carbocycles. The first kappa shape index (κ1) is 19.0. The Balaban J connectivity index is 1.60. The fourth-order valence-corrected chi connectivity index (χ4v) is 3.47. The summed E-state index contributed by atoms with van der Waals surface area (Å²) >= 11 is 0. The minimum atomic E-state index is -0.441. The van der Waals surface area contributed by atoms with E-state index < -0.39 is 11.8 Å². The summed E-state index contributed by atoms with van der Waals surface area (Å²) in [6.07, 6.45) is 1.46. The number of aromatic nitrogens is 4. The molecule has 3 aromatic rings. The predicted molar refractivity (Wildman–Crippen MR) is 105 cm³/mol. The molecule has 4 rings (SSSR count). The molecular formula is C20H21N5O4. The Labute approximate surface area is 166 Å². The van der Waals surface area contributed by atoms with Gasteiger partial charge in [0.05, 0.1) is 30.7 Å². The quantitative estimate of drug-likeness (QED) is 0.627. The van der Waals surface area contributed by atoms with Gasteiger partial charge in [-0.1, -0.05) is 6.07 Å². The fourth-order valence-electron chi connectivity index (χ4n) is 3.47. The zero-order valence-corrected chi connectivity index (χ0v) is 16.2. The van der Waals surface area contributed by atoms with E-state index in [9.17, 15) is 14.4 Å². The van der Waals surface area contributed by atoms with Crippen molar-refractivity contribution in [2.24, 2.45) is 14.1 Å². The molecule has 4 heterocycles. The predicted octanol–water partition coefficient (Wildman–Crippen LogP) is 0.170. The summed E-state index contributed by atoms with van der Waals surface area (Å²) in [5.74, 6) is -0.0286. The highest BCUT2D eigenvalue weighted by atomic mass is 16.5. The molecule has 0 aromatic carbocycles. The third-order valence-corrected chi connectivity index (χ3v) is 5.13. The lowest BCUT2D eigenvalue weighted by Crippen LogP contribution is -2.43. The van der Waals surface area contributed by atoms with E-state index in [2.05, 4.69) is 9.97 Å². The van der Waals surface area contributed by atoms with Gasteiger partial charge in [-0.15, -0.1) is 0 Å². The average molecular weight is 395 g/mol. The standard InChI is InChI=1S/C20H21N5O4/c1-23-18-14(19(27)24(2)20(23)28)6-7-15(22-18)16-12-25(9-10-29-16)17(26)11-13-5-3-4-8-21-13/h3-8,16H,9-12H2,1-2H3/t16-/m1/s1. The smallest absolute Gasteiger partial charge is 0.332 e. The lowest BCUT2D eigenvalue weighted by Gasteiger charge is -2.32. The van der Waals surface area contributed by atoms with E-state index in [4.69, 9.17) is 4.74 Å². The maximum atomic E-state index is 12.7. The van der Waals surface area contributed by atoms with E-state index in [1.807, 2.05) is 18.2 Å². The summed E-state index contributed by atoms with van der Waals surface area (Å²) in [5.41, 5.74) is 0.769. The molecule has 9 nitrogen and oxygen atoms in total. The van der Waals surface area contributed by atoms with Crippen molar-refractivity contribution in [3.05, 3.63) is 68.8 Å². The molecule has 9 heteroatoms. The first-order chi connectivity index (χ1) is 14.0. The van der Waals surface area contributed by atoms with E-state index in [0.29, 0.717) is 36.4 Å². The fraction of sp³-hybridized carbons (Fsp3) is 0.350. The van der Waals surface area contributed by atoms with E-state index in [1.54, 1.807) is 30.3 Å². The Morgan fingerprint density at radius 1 is 1.17 bits per heavy atom. The van der Waals surface area contributed by atoms with Crippen molar-refractivity contribution < 1.29 is 9.53 Å². The number of hydrogen-bond acceptors (Lipinski definition) is 6. The van der Waals surface area contributed by atoms with Gasteiger partial charge in [0, 0.05) is 32.5 Å². The maximum Gasteiger partial charge on any atom is 0.332 e. The van der Waals surface area contributed by atoms with Crippen molar-refractivity contribution in [1.82, 2.24) is 24.0 Å². The monoisotopic (exact) mass is 395 g/mol. The van der Waals surface area contributed by atoms with Crippen LogP contribution < -0.4 is 11.2 Å². The number of nitrogens with zero attached hydrogens (tertiary/aromatic N) is 5. The molecule has 1 aliphatic rings. The Bertz CT molecular complexity index is 1190. The van der Waals surface area contributed by atoms with E-state index in [0.717, 1.165) is 10.3 Å². The van der Waals surface area contributed by atoms with Crippen molar-refractivity contribution in [2.45, 2.75) is 12.5 Å². The van der Waals surface area contributed by atoms with Crippen molar-refractivity contribution >= 4 is 16.9 Å². The van der Waals surface area contributed by atoms with E-state index in [-0.39, 0.29) is 17.9 Å². The van der Waals surface area contributed by atoms with Gasteiger partial charge in [-0.25, -0.2) is 9.78 Å². The van der Waals surface area contributed by atoms with Gasteiger partial charge in [-0.2, -0.15) is 0 Å². The lowest BCUT2D eigenvalue weighted by molar-refractivity contribution is -0.138. The molecule has 1 fully saturated rings. The second kappa shape index (κ2) is 7.59. The number of hydrogen-bond donors (Lipinski definition) is 0. The molecule has 0 unspecified atom stereocenters. The Morgan fingerprint density at radius 3 is 2.76 bits per heavy atom. The largest absolute Gasteiger partial charge is 0.368 e. The lowest BCUT2D eigenvalue weighted by atomic mass is 10.1. The number of amides is 1. The molecule has 0 radical (unpaired) electrons. The van der Waals surface area contributed by atoms with Crippen LogP contribution in [0.25, 0.3) is 11.0 Å². The Kier molecular flexibility index (Phi) is 4.98. The van der Waals surface area contributed by atoms with E-state index >= 15 is 0 Å². The van der Waals surface area contributed by atoms with Gasteiger partial charge in [0.25, 0.3) is 5.56 Å². The third-order valence-electron chi connectivity index (χ3n) is 5.13. The van der Waals surface area contributed by atoms with Gasteiger partial charge in [-0.3, -0.25) is 23.7 Å². The highest BCUT2D eigenvalue weighted by Crippen LogP contribution is 2.22. The second-order valence-electron chi connectivity index (χ2n) is 7.01. The summed E-state index contributed by atoms with van der Waals surface area (Å²) in [6.45, 7) is 1.23. The summed E-state index contributed by atoms with van der Waals surface area (Å²) in [4.78, 5) is 47.6. The molecule has 29 heavy (non-hydrogen) atoms. The zero-order valence-electron chi connectivity index (χ0n) is 16.2. The number of carbonyl (C=O) groups is 1.